The van der Waals surface area contributed by atoms with Crippen molar-refractivity contribution in [1.82, 2.24) is 4.98 Å². The van der Waals surface area contributed by atoms with Crippen LogP contribution in [0.5, 0.6) is 0 Å². The number of nitrogens with two attached hydrogens (primary N) is 2. The summed E-state index contributed by atoms with van der Waals surface area (Å²) in [6.07, 6.45) is 1.68. The van der Waals surface area contributed by atoms with Crippen molar-refractivity contribution in [2.24, 2.45) is 0 Å². The van der Waals surface area contributed by atoms with Gasteiger partial charge in [-0.1, -0.05) is 17.7 Å². The molecule has 3 nitrogen and oxygen atoms in total. The Bertz CT molecular complexity index is 499. The maximum absolute atomic E-state index is 12.4. The third-order valence-corrected chi connectivity index (χ3v) is 2.51. The molecule has 0 aliphatic rings. The van der Waals surface area contributed by atoms with Gasteiger partial charge in [0.05, 0.1) is 11.4 Å². The number of halogens is 3. The summed E-state index contributed by atoms with van der Waals surface area (Å²) in [7, 11) is 0. The molecule has 0 spiro atoms. The molecule has 0 fully saturated rings. The number of anilines is 2. The Hall–Kier alpha value is -1.88. The third-order valence-electron chi connectivity index (χ3n) is 2.11. The van der Waals surface area contributed by atoms with E-state index in [1.54, 1.807) is 6.20 Å². The van der Waals surface area contributed by atoms with E-state index in [1.807, 2.05) is 19.1 Å². The van der Waals surface area contributed by atoms with E-state index in [-0.39, 0.29) is 11.4 Å². The molecule has 0 aliphatic carbocycles. The largest absolute Gasteiger partial charge is 0.397 e. The Morgan fingerprint density at radius 1 is 1.17 bits per heavy atom. The summed E-state index contributed by atoms with van der Waals surface area (Å²) >= 11 is 5.60. The molecule has 0 radical (unpaired) electrons. The zero-order valence-corrected chi connectivity index (χ0v) is 10.4. The SMILES string of the molecule is Cc1cccnc1Cl.Nc1ccc(F)c(F)c1N. The van der Waals surface area contributed by atoms with Crippen molar-refractivity contribution in [1.29, 1.82) is 0 Å². The van der Waals surface area contributed by atoms with Gasteiger partial charge in [-0.25, -0.2) is 13.8 Å². The van der Waals surface area contributed by atoms with Crippen LogP contribution < -0.4 is 11.5 Å². The van der Waals surface area contributed by atoms with Crippen molar-refractivity contribution in [3.8, 4) is 0 Å². The number of nitrogen functional groups attached to an aromatic ring is 2. The van der Waals surface area contributed by atoms with E-state index in [2.05, 4.69) is 4.98 Å². The highest BCUT2D eigenvalue weighted by molar-refractivity contribution is 6.30. The summed E-state index contributed by atoms with van der Waals surface area (Å²) in [5, 5.41) is 0.590. The first-order valence-corrected chi connectivity index (χ1v) is 5.37. The summed E-state index contributed by atoms with van der Waals surface area (Å²) in [6.45, 7) is 1.93. The number of pyridine rings is 1. The summed E-state index contributed by atoms with van der Waals surface area (Å²) in [6, 6.07) is 5.94. The first-order chi connectivity index (χ1) is 8.43. The van der Waals surface area contributed by atoms with Crippen molar-refractivity contribution in [3.05, 3.63) is 52.8 Å². The van der Waals surface area contributed by atoms with Gasteiger partial charge in [0, 0.05) is 6.20 Å². The summed E-state index contributed by atoms with van der Waals surface area (Å²) in [5.41, 5.74) is 10.9. The second-order valence-electron chi connectivity index (χ2n) is 3.48. The van der Waals surface area contributed by atoms with Crippen LogP contribution in [0.3, 0.4) is 0 Å². The summed E-state index contributed by atoms with van der Waals surface area (Å²) in [5.74, 6) is -2.06. The fourth-order valence-electron chi connectivity index (χ4n) is 1.05. The molecule has 0 bridgehead atoms. The number of aryl methyl sites for hydroxylation is 1. The van der Waals surface area contributed by atoms with Crippen molar-refractivity contribution in [2.75, 3.05) is 11.5 Å². The van der Waals surface area contributed by atoms with E-state index >= 15 is 0 Å². The minimum atomic E-state index is -1.08. The standard InChI is InChI=1S/C6H6ClN.C6H6F2N2/c1-5-3-2-4-8-6(5)7;7-3-1-2-4(9)6(10)5(3)8/h2-4H,1H3;1-2H,9-10H2. The van der Waals surface area contributed by atoms with E-state index in [0.717, 1.165) is 11.6 Å². The third kappa shape index (κ3) is 3.56. The Morgan fingerprint density at radius 3 is 2.28 bits per heavy atom. The molecule has 1 aromatic carbocycles. The topological polar surface area (TPSA) is 64.9 Å². The van der Waals surface area contributed by atoms with Crippen molar-refractivity contribution >= 4 is 23.0 Å². The van der Waals surface area contributed by atoms with E-state index in [0.29, 0.717) is 5.15 Å². The number of hydrogen-bond donors (Lipinski definition) is 2. The van der Waals surface area contributed by atoms with Crippen molar-refractivity contribution < 1.29 is 8.78 Å². The fraction of sp³-hybridized carbons (Fsp3) is 0.0833. The van der Waals surface area contributed by atoms with Gasteiger partial charge >= 0.3 is 0 Å². The molecular weight excluding hydrogens is 260 g/mol. The van der Waals surface area contributed by atoms with Gasteiger partial charge in [0.15, 0.2) is 11.6 Å². The Morgan fingerprint density at radius 2 is 1.83 bits per heavy atom. The Balaban J connectivity index is 0.000000184. The molecule has 2 aromatic rings. The second kappa shape index (κ2) is 6.16. The van der Waals surface area contributed by atoms with Crippen LogP contribution in [0.25, 0.3) is 0 Å². The maximum Gasteiger partial charge on any atom is 0.183 e. The number of nitrogens with zero attached hydrogens (tertiary/aromatic N) is 1. The quantitative estimate of drug-likeness (QED) is 0.571. The Labute approximate surface area is 108 Å². The second-order valence-corrected chi connectivity index (χ2v) is 3.83. The summed E-state index contributed by atoms with van der Waals surface area (Å²) < 4.78 is 24.7. The zero-order chi connectivity index (χ0) is 13.7. The molecule has 6 heteroatoms. The average Bonchev–Trinajstić information content (AvgIpc) is 2.36. The van der Waals surface area contributed by atoms with Gasteiger partial charge in [-0.2, -0.15) is 0 Å². The van der Waals surface area contributed by atoms with Gasteiger partial charge in [0.2, 0.25) is 0 Å². The highest BCUT2D eigenvalue weighted by atomic mass is 35.5. The lowest BCUT2D eigenvalue weighted by Crippen LogP contribution is -1.99. The number of hydrogen-bond acceptors (Lipinski definition) is 3. The van der Waals surface area contributed by atoms with Crippen LogP contribution >= 0.6 is 11.6 Å². The van der Waals surface area contributed by atoms with E-state index in [4.69, 9.17) is 23.1 Å². The molecule has 1 aromatic heterocycles. The van der Waals surface area contributed by atoms with Crippen LogP contribution in [0.1, 0.15) is 5.56 Å². The molecule has 0 saturated heterocycles. The Kier molecular flexibility index (Phi) is 4.85. The minimum absolute atomic E-state index is 0.0545. The van der Waals surface area contributed by atoms with E-state index in [9.17, 15) is 8.78 Å². The number of aromatic nitrogens is 1. The lowest BCUT2D eigenvalue weighted by molar-refractivity contribution is 0.512. The number of rotatable bonds is 0. The van der Waals surface area contributed by atoms with Gasteiger partial charge < -0.3 is 11.5 Å². The molecule has 2 rings (SSSR count). The minimum Gasteiger partial charge on any atom is -0.397 e. The van der Waals surface area contributed by atoms with Crippen LogP contribution in [0, 0.1) is 18.6 Å². The lowest BCUT2D eigenvalue weighted by atomic mass is 10.2. The van der Waals surface area contributed by atoms with Crippen LogP contribution in [0.15, 0.2) is 30.5 Å². The maximum atomic E-state index is 12.4. The van der Waals surface area contributed by atoms with Gasteiger partial charge in [0.25, 0.3) is 0 Å². The summed E-state index contributed by atoms with van der Waals surface area (Å²) in [4.78, 5) is 3.84. The fourth-order valence-corrected chi connectivity index (χ4v) is 1.17. The molecule has 0 saturated carbocycles. The highest BCUT2D eigenvalue weighted by Gasteiger charge is 2.06. The normalized spacial score (nSPS) is 9.56. The highest BCUT2D eigenvalue weighted by Crippen LogP contribution is 2.20. The molecule has 0 unspecified atom stereocenters. The van der Waals surface area contributed by atoms with Gasteiger partial charge in [-0.15, -0.1) is 0 Å². The monoisotopic (exact) mass is 271 g/mol. The van der Waals surface area contributed by atoms with Gasteiger partial charge in [-0.05, 0) is 30.7 Å². The molecule has 1 heterocycles. The van der Waals surface area contributed by atoms with E-state index < -0.39 is 11.6 Å². The van der Waals surface area contributed by atoms with Crippen LogP contribution in [-0.2, 0) is 0 Å². The smallest absolute Gasteiger partial charge is 0.183 e. The van der Waals surface area contributed by atoms with Gasteiger partial charge in [-0.3, -0.25) is 0 Å². The van der Waals surface area contributed by atoms with Gasteiger partial charge in [0.1, 0.15) is 5.15 Å². The lowest BCUT2D eigenvalue weighted by Gasteiger charge is -1.99. The average molecular weight is 272 g/mol. The molecule has 4 N–H and O–H groups in total. The predicted molar refractivity (Wildman–Crippen MR) is 69.2 cm³/mol. The number of benzene rings is 1. The molecular formula is C12H12ClF2N3. The molecule has 18 heavy (non-hydrogen) atoms. The molecule has 0 atom stereocenters. The zero-order valence-electron chi connectivity index (χ0n) is 9.62. The molecule has 0 amide bonds. The molecule has 96 valence electrons. The molecule has 0 aliphatic heterocycles. The van der Waals surface area contributed by atoms with Crippen LogP contribution in [-0.4, -0.2) is 4.98 Å². The van der Waals surface area contributed by atoms with Crippen LogP contribution in [0.4, 0.5) is 20.2 Å². The van der Waals surface area contributed by atoms with E-state index in [1.165, 1.54) is 6.07 Å². The predicted octanol–water partition coefficient (Wildman–Crippen LogP) is 3.17. The van der Waals surface area contributed by atoms with Crippen molar-refractivity contribution in [3.63, 3.8) is 0 Å². The van der Waals surface area contributed by atoms with Crippen LogP contribution in [0.2, 0.25) is 5.15 Å². The van der Waals surface area contributed by atoms with Crippen molar-refractivity contribution in [2.45, 2.75) is 6.92 Å². The first kappa shape index (κ1) is 14.2. The first-order valence-electron chi connectivity index (χ1n) is 4.99.